The van der Waals surface area contributed by atoms with Crippen molar-refractivity contribution in [2.75, 3.05) is 19.7 Å². The standard InChI is InChI=1S/C21H23Br2NO2/c1-2-13-26-20-8-7-19(23)14-16(20)15-24-11-9-21(25,10-12-24)17-3-5-18(22)6-4-17/h2-8,14,25H,1,9-13,15H2. The van der Waals surface area contributed by atoms with Crippen molar-refractivity contribution in [2.24, 2.45) is 0 Å². The van der Waals surface area contributed by atoms with Gasteiger partial charge in [0.15, 0.2) is 0 Å². The van der Waals surface area contributed by atoms with E-state index in [2.05, 4.69) is 49.4 Å². The van der Waals surface area contributed by atoms with Gasteiger partial charge in [0.1, 0.15) is 12.4 Å². The van der Waals surface area contributed by atoms with Crippen molar-refractivity contribution < 1.29 is 9.84 Å². The second-order valence-corrected chi connectivity index (χ2v) is 8.50. The Kier molecular flexibility index (Phi) is 6.56. The van der Waals surface area contributed by atoms with Crippen LogP contribution >= 0.6 is 31.9 Å². The normalized spacial score (nSPS) is 17.0. The number of halogens is 2. The second-order valence-electron chi connectivity index (χ2n) is 6.67. The Bertz CT molecular complexity index is 753. The molecule has 0 radical (unpaired) electrons. The molecular formula is C21H23Br2NO2. The lowest BCUT2D eigenvalue weighted by Gasteiger charge is -2.38. The molecule has 0 bridgehead atoms. The number of piperidine rings is 1. The summed E-state index contributed by atoms with van der Waals surface area (Å²) in [5.74, 6) is 0.891. The van der Waals surface area contributed by atoms with Crippen LogP contribution in [-0.4, -0.2) is 29.7 Å². The molecule has 1 fully saturated rings. The van der Waals surface area contributed by atoms with Gasteiger partial charge in [-0.25, -0.2) is 0 Å². The lowest BCUT2D eigenvalue weighted by molar-refractivity contribution is -0.0278. The Morgan fingerprint density at radius 2 is 1.73 bits per heavy atom. The number of hydrogen-bond donors (Lipinski definition) is 1. The largest absolute Gasteiger partial charge is 0.489 e. The average Bonchev–Trinajstić information content (AvgIpc) is 2.64. The summed E-state index contributed by atoms with van der Waals surface area (Å²) in [5.41, 5.74) is 1.41. The molecule has 1 aliphatic heterocycles. The lowest BCUT2D eigenvalue weighted by atomic mass is 9.84. The summed E-state index contributed by atoms with van der Waals surface area (Å²) in [5, 5.41) is 11.0. The zero-order valence-corrected chi connectivity index (χ0v) is 17.8. The monoisotopic (exact) mass is 479 g/mol. The predicted octanol–water partition coefficient (Wildman–Crippen LogP) is 5.26. The summed E-state index contributed by atoms with van der Waals surface area (Å²) in [4.78, 5) is 2.37. The number of hydrogen-bond acceptors (Lipinski definition) is 3. The molecule has 0 aromatic heterocycles. The molecule has 0 atom stereocenters. The molecule has 0 aliphatic carbocycles. The van der Waals surface area contributed by atoms with E-state index in [0.717, 1.165) is 58.3 Å². The van der Waals surface area contributed by atoms with Crippen LogP contribution in [0.1, 0.15) is 24.0 Å². The second kappa shape index (κ2) is 8.70. The molecule has 2 aromatic rings. The molecule has 2 aromatic carbocycles. The zero-order valence-electron chi connectivity index (χ0n) is 14.6. The quantitative estimate of drug-likeness (QED) is 0.572. The van der Waals surface area contributed by atoms with Crippen LogP contribution in [0.2, 0.25) is 0 Å². The van der Waals surface area contributed by atoms with E-state index < -0.39 is 5.60 Å². The molecule has 1 heterocycles. The van der Waals surface area contributed by atoms with Gasteiger partial charge < -0.3 is 9.84 Å². The van der Waals surface area contributed by atoms with Crippen molar-refractivity contribution >= 4 is 31.9 Å². The molecule has 0 saturated carbocycles. The molecule has 1 N–H and O–H groups in total. The summed E-state index contributed by atoms with van der Waals surface area (Å²) in [6.07, 6.45) is 3.21. The van der Waals surface area contributed by atoms with Crippen LogP contribution in [0.5, 0.6) is 5.75 Å². The SMILES string of the molecule is C=CCOc1ccc(Br)cc1CN1CCC(O)(c2ccc(Br)cc2)CC1. The van der Waals surface area contributed by atoms with Gasteiger partial charge in [-0.15, -0.1) is 0 Å². The molecule has 0 spiro atoms. The van der Waals surface area contributed by atoms with E-state index in [-0.39, 0.29) is 0 Å². The topological polar surface area (TPSA) is 32.7 Å². The molecule has 138 valence electrons. The van der Waals surface area contributed by atoms with Gasteiger partial charge in [0.05, 0.1) is 5.60 Å². The number of likely N-dealkylation sites (tertiary alicyclic amines) is 1. The van der Waals surface area contributed by atoms with Gasteiger partial charge >= 0.3 is 0 Å². The minimum Gasteiger partial charge on any atom is -0.489 e. The maximum Gasteiger partial charge on any atom is 0.124 e. The lowest BCUT2D eigenvalue weighted by Crippen LogP contribution is -2.42. The fourth-order valence-electron chi connectivity index (χ4n) is 3.33. The first kappa shape index (κ1) is 19.6. The fraction of sp³-hybridized carbons (Fsp3) is 0.333. The maximum absolute atomic E-state index is 11.0. The van der Waals surface area contributed by atoms with Crippen LogP contribution in [0, 0.1) is 0 Å². The molecule has 1 saturated heterocycles. The predicted molar refractivity (Wildman–Crippen MR) is 112 cm³/mol. The smallest absolute Gasteiger partial charge is 0.124 e. The van der Waals surface area contributed by atoms with Crippen LogP contribution < -0.4 is 4.74 Å². The molecular weight excluding hydrogens is 458 g/mol. The minimum absolute atomic E-state index is 0.498. The van der Waals surface area contributed by atoms with E-state index >= 15 is 0 Å². The highest BCUT2D eigenvalue weighted by Gasteiger charge is 2.34. The average molecular weight is 481 g/mol. The molecule has 0 unspecified atom stereocenters. The van der Waals surface area contributed by atoms with E-state index in [1.54, 1.807) is 6.08 Å². The zero-order chi connectivity index (χ0) is 18.6. The van der Waals surface area contributed by atoms with Crippen molar-refractivity contribution in [3.8, 4) is 5.75 Å². The van der Waals surface area contributed by atoms with Crippen molar-refractivity contribution in [2.45, 2.75) is 25.0 Å². The van der Waals surface area contributed by atoms with Gasteiger partial charge in [-0.05, 0) is 48.7 Å². The Balaban J connectivity index is 1.66. The summed E-state index contributed by atoms with van der Waals surface area (Å²) in [7, 11) is 0. The Labute approximate surface area is 171 Å². The Hall–Kier alpha value is -1.14. The first-order chi connectivity index (χ1) is 12.5. The summed E-state index contributed by atoms with van der Waals surface area (Å²) in [6.45, 7) is 6.71. The molecule has 3 rings (SSSR count). The number of aliphatic hydroxyl groups is 1. The Morgan fingerprint density at radius 3 is 2.38 bits per heavy atom. The maximum atomic E-state index is 11.0. The highest BCUT2D eigenvalue weighted by Crippen LogP contribution is 2.34. The van der Waals surface area contributed by atoms with Crippen molar-refractivity contribution in [3.05, 3.63) is 75.2 Å². The van der Waals surface area contributed by atoms with Crippen LogP contribution in [-0.2, 0) is 12.1 Å². The third-order valence-electron chi connectivity index (χ3n) is 4.84. The van der Waals surface area contributed by atoms with Gasteiger partial charge in [-0.2, -0.15) is 0 Å². The molecule has 0 amide bonds. The van der Waals surface area contributed by atoms with Crippen LogP contribution in [0.25, 0.3) is 0 Å². The highest BCUT2D eigenvalue weighted by atomic mass is 79.9. The Morgan fingerprint density at radius 1 is 1.08 bits per heavy atom. The van der Waals surface area contributed by atoms with E-state index in [1.807, 2.05) is 36.4 Å². The van der Waals surface area contributed by atoms with Crippen LogP contribution in [0.4, 0.5) is 0 Å². The number of benzene rings is 2. The third kappa shape index (κ3) is 4.77. The van der Waals surface area contributed by atoms with E-state index in [9.17, 15) is 5.11 Å². The van der Waals surface area contributed by atoms with Gasteiger partial charge in [0.2, 0.25) is 0 Å². The first-order valence-corrected chi connectivity index (χ1v) is 10.3. The van der Waals surface area contributed by atoms with Gasteiger partial charge in [0.25, 0.3) is 0 Å². The minimum atomic E-state index is -0.739. The van der Waals surface area contributed by atoms with Gasteiger partial charge in [0, 0.05) is 34.1 Å². The molecule has 5 heteroatoms. The van der Waals surface area contributed by atoms with E-state index in [4.69, 9.17) is 4.74 Å². The number of nitrogens with zero attached hydrogens (tertiary/aromatic N) is 1. The number of rotatable bonds is 6. The van der Waals surface area contributed by atoms with Crippen molar-refractivity contribution in [3.63, 3.8) is 0 Å². The van der Waals surface area contributed by atoms with Crippen molar-refractivity contribution in [1.29, 1.82) is 0 Å². The van der Waals surface area contributed by atoms with Crippen LogP contribution in [0.15, 0.2) is 64.1 Å². The molecule has 1 aliphatic rings. The van der Waals surface area contributed by atoms with Crippen LogP contribution in [0.3, 0.4) is 0 Å². The molecule has 3 nitrogen and oxygen atoms in total. The summed E-state index contributed by atoms with van der Waals surface area (Å²) in [6, 6.07) is 14.1. The fourth-order valence-corrected chi connectivity index (χ4v) is 4.00. The third-order valence-corrected chi connectivity index (χ3v) is 5.86. The summed E-state index contributed by atoms with van der Waals surface area (Å²) < 4.78 is 7.86. The molecule has 26 heavy (non-hydrogen) atoms. The first-order valence-electron chi connectivity index (χ1n) is 8.73. The number of ether oxygens (including phenoxy) is 1. The van der Waals surface area contributed by atoms with Gasteiger partial charge in [-0.1, -0.05) is 56.6 Å². The van der Waals surface area contributed by atoms with E-state index in [0.29, 0.717) is 6.61 Å². The summed E-state index contributed by atoms with van der Waals surface area (Å²) >= 11 is 7.00. The van der Waals surface area contributed by atoms with Crippen molar-refractivity contribution in [1.82, 2.24) is 4.90 Å². The van der Waals surface area contributed by atoms with E-state index in [1.165, 1.54) is 0 Å². The highest BCUT2D eigenvalue weighted by molar-refractivity contribution is 9.10. The van der Waals surface area contributed by atoms with Gasteiger partial charge in [-0.3, -0.25) is 4.90 Å².